The van der Waals surface area contributed by atoms with Crippen LogP contribution in [0.3, 0.4) is 0 Å². The minimum atomic E-state index is 0.171. The Balaban J connectivity index is 2.20. The lowest BCUT2D eigenvalue weighted by Gasteiger charge is -2.14. The van der Waals surface area contributed by atoms with E-state index in [2.05, 4.69) is 15.9 Å². The summed E-state index contributed by atoms with van der Waals surface area (Å²) in [6.45, 7) is 0. The van der Waals surface area contributed by atoms with Crippen molar-refractivity contribution in [2.24, 2.45) is 5.92 Å². The summed E-state index contributed by atoms with van der Waals surface area (Å²) in [4.78, 5) is 12.4. The quantitative estimate of drug-likeness (QED) is 0.537. The number of rotatable bonds is 2. The zero-order chi connectivity index (χ0) is 12.3. The van der Waals surface area contributed by atoms with Gasteiger partial charge in [0.1, 0.15) is 0 Å². The first-order valence-electron chi connectivity index (χ1n) is 6.18. The fourth-order valence-electron chi connectivity index (χ4n) is 2.46. The van der Waals surface area contributed by atoms with Gasteiger partial charge >= 0.3 is 0 Å². The van der Waals surface area contributed by atoms with Crippen molar-refractivity contribution in [2.45, 2.75) is 38.5 Å². The molecule has 0 N–H and O–H groups in total. The lowest BCUT2D eigenvalue weighted by atomic mass is 9.91. The molecule has 0 radical (unpaired) electrons. The fourth-order valence-corrected chi connectivity index (χ4v) is 3.04. The van der Waals surface area contributed by atoms with E-state index in [-0.39, 0.29) is 11.7 Å². The molecule has 3 heteroatoms. The summed E-state index contributed by atoms with van der Waals surface area (Å²) < 4.78 is 0.804. The molecule has 0 aromatic heterocycles. The molecule has 0 amide bonds. The van der Waals surface area contributed by atoms with Gasteiger partial charge in [-0.15, -0.1) is 0 Å². The second kappa shape index (κ2) is 6.01. The van der Waals surface area contributed by atoms with Gasteiger partial charge in [-0.05, 0) is 40.9 Å². The standard InChI is InChI=1S/C14H16BrClO/c15-12-9-5-8-11(13(12)16)14(17)10-6-3-1-2-4-7-10/h5,8-10H,1-4,6-7H2. The molecule has 2 rings (SSSR count). The van der Waals surface area contributed by atoms with Gasteiger partial charge in [-0.3, -0.25) is 4.79 Å². The molecule has 92 valence electrons. The molecule has 0 heterocycles. The summed E-state index contributed by atoms with van der Waals surface area (Å²) in [5.74, 6) is 0.391. The van der Waals surface area contributed by atoms with E-state index in [0.29, 0.717) is 10.6 Å². The van der Waals surface area contributed by atoms with Crippen LogP contribution in [0.1, 0.15) is 48.9 Å². The van der Waals surface area contributed by atoms with E-state index in [1.165, 1.54) is 25.7 Å². The highest BCUT2D eigenvalue weighted by molar-refractivity contribution is 9.10. The SMILES string of the molecule is O=C(c1cccc(Br)c1Cl)C1CCCCCC1. The average Bonchev–Trinajstić information content (AvgIpc) is 2.60. The van der Waals surface area contributed by atoms with E-state index in [0.717, 1.165) is 17.3 Å². The third-order valence-corrected chi connectivity index (χ3v) is 4.74. The van der Waals surface area contributed by atoms with Crippen molar-refractivity contribution >= 4 is 33.3 Å². The summed E-state index contributed by atoms with van der Waals surface area (Å²) >= 11 is 9.55. The maximum absolute atomic E-state index is 12.4. The summed E-state index contributed by atoms with van der Waals surface area (Å²) in [5.41, 5.74) is 0.674. The number of carbonyl (C=O) groups is 1. The molecule has 1 aromatic carbocycles. The normalized spacial score (nSPS) is 17.8. The Morgan fingerprint density at radius 3 is 2.47 bits per heavy atom. The Kier molecular flexibility index (Phi) is 4.63. The van der Waals surface area contributed by atoms with Crippen LogP contribution in [-0.2, 0) is 0 Å². The molecular weight excluding hydrogens is 300 g/mol. The van der Waals surface area contributed by atoms with Gasteiger partial charge in [-0.1, -0.05) is 43.4 Å². The zero-order valence-corrected chi connectivity index (χ0v) is 12.1. The number of ketones is 1. The van der Waals surface area contributed by atoms with E-state index < -0.39 is 0 Å². The molecule has 0 spiro atoms. The third kappa shape index (κ3) is 3.11. The zero-order valence-electron chi connectivity index (χ0n) is 9.72. The summed E-state index contributed by atoms with van der Waals surface area (Å²) in [6.07, 6.45) is 6.89. The number of hydrogen-bond acceptors (Lipinski definition) is 1. The molecule has 1 fully saturated rings. The van der Waals surface area contributed by atoms with Gasteiger partial charge in [-0.2, -0.15) is 0 Å². The van der Waals surface area contributed by atoms with Crippen molar-refractivity contribution in [3.05, 3.63) is 33.3 Å². The van der Waals surface area contributed by atoms with Gasteiger partial charge in [0, 0.05) is 16.0 Å². The number of halogens is 2. The Morgan fingerprint density at radius 1 is 1.18 bits per heavy atom. The van der Waals surface area contributed by atoms with E-state index >= 15 is 0 Å². The van der Waals surface area contributed by atoms with Crippen LogP contribution in [0.25, 0.3) is 0 Å². The van der Waals surface area contributed by atoms with Crippen LogP contribution in [-0.4, -0.2) is 5.78 Å². The van der Waals surface area contributed by atoms with Gasteiger partial charge in [0.25, 0.3) is 0 Å². The van der Waals surface area contributed by atoms with Gasteiger partial charge < -0.3 is 0 Å². The predicted molar refractivity (Wildman–Crippen MR) is 74.7 cm³/mol. The first-order valence-corrected chi connectivity index (χ1v) is 7.35. The van der Waals surface area contributed by atoms with E-state index in [1.54, 1.807) is 0 Å². The van der Waals surface area contributed by atoms with Crippen LogP contribution in [0.2, 0.25) is 5.02 Å². The Morgan fingerprint density at radius 2 is 1.82 bits per heavy atom. The Bertz CT molecular complexity index is 409. The minimum absolute atomic E-state index is 0.171. The lowest BCUT2D eigenvalue weighted by Crippen LogP contribution is -2.14. The number of hydrogen-bond donors (Lipinski definition) is 0. The second-order valence-electron chi connectivity index (χ2n) is 4.65. The highest BCUT2D eigenvalue weighted by Crippen LogP contribution is 2.31. The van der Waals surface area contributed by atoms with Crippen molar-refractivity contribution < 1.29 is 4.79 Å². The van der Waals surface area contributed by atoms with Crippen molar-refractivity contribution in [1.29, 1.82) is 0 Å². The second-order valence-corrected chi connectivity index (χ2v) is 5.89. The maximum Gasteiger partial charge on any atom is 0.167 e. The van der Waals surface area contributed by atoms with Crippen LogP contribution in [0.5, 0.6) is 0 Å². The lowest BCUT2D eigenvalue weighted by molar-refractivity contribution is 0.0908. The predicted octanol–water partition coefficient (Wildman–Crippen LogP) is 5.26. The van der Waals surface area contributed by atoms with Crippen LogP contribution in [0, 0.1) is 5.92 Å². The Labute approximate surface area is 116 Å². The van der Waals surface area contributed by atoms with Crippen LogP contribution in [0.4, 0.5) is 0 Å². The molecule has 1 saturated carbocycles. The van der Waals surface area contributed by atoms with Gasteiger partial charge in [-0.25, -0.2) is 0 Å². The number of Topliss-reactive ketones (excluding diaryl/α,β-unsaturated/α-hetero) is 1. The Hall–Kier alpha value is -0.340. The molecule has 0 atom stereocenters. The van der Waals surface area contributed by atoms with Gasteiger partial charge in [0.2, 0.25) is 0 Å². The minimum Gasteiger partial charge on any atom is -0.294 e. The molecule has 1 aliphatic rings. The highest BCUT2D eigenvalue weighted by atomic mass is 79.9. The maximum atomic E-state index is 12.4. The molecule has 1 aromatic rings. The number of carbonyl (C=O) groups excluding carboxylic acids is 1. The summed E-state index contributed by atoms with van der Waals surface area (Å²) in [6, 6.07) is 5.58. The molecule has 1 aliphatic carbocycles. The smallest absolute Gasteiger partial charge is 0.167 e. The topological polar surface area (TPSA) is 17.1 Å². The summed E-state index contributed by atoms with van der Waals surface area (Å²) in [5, 5.41) is 0.557. The monoisotopic (exact) mass is 314 g/mol. The van der Waals surface area contributed by atoms with Crippen molar-refractivity contribution in [2.75, 3.05) is 0 Å². The largest absolute Gasteiger partial charge is 0.294 e. The number of benzene rings is 1. The summed E-state index contributed by atoms with van der Waals surface area (Å²) in [7, 11) is 0. The van der Waals surface area contributed by atoms with Crippen molar-refractivity contribution in [3.8, 4) is 0 Å². The van der Waals surface area contributed by atoms with Crippen LogP contribution in [0.15, 0.2) is 22.7 Å². The molecule has 0 aliphatic heterocycles. The molecule has 0 unspecified atom stereocenters. The van der Waals surface area contributed by atoms with Crippen molar-refractivity contribution in [1.82, 2.24) is 0 Å². The average molecular weight is 316 g/mol. The molecule has 0 saturated heterocycles. The fraction of sp³-hybridized carbons (Fsp3) is 0.500. The highest BCUT2D eigenvalue weighted by Gasteiger charge is 2.23. The van der Waals surface area contributed by atoms with Gasteiger partial charge in [0.15, 0.2) is 5.78 Å². The van der Waals surface area contributed by atoms with Crippen LogP contribution >= 0.6 is 27.5 Å². The first kappa shape index (κ1) is 13.1. The van der Waals surface area contributed by atoms with E-state index in [1.807, 2.05) is 18.2 Å². The molecule has 0 bridgehead atoms. The van der Waals surface area contributed by atoms with Crippen LogP contribution < -0.4 is 0 Å². The van der Waals surface area contributed by atoms with Crippen molar-refractivity contribution in [3.63, 3.8) is 0 Å². The van der Waals surface area contributed by atoms with E-state index in [9.17, 15) is 4.79 Å². The third-order valence-electron chi connectivity index (χ3n) is 3.44. The molecular formula is C14H16BrClO. The first-order chi connectivity index (χ1) is 8.20. The van der Waals surface area contributed by atoms with E-state index in [4.69, 9.17) is 11.6 Å². The molecule has 1 nitrogen and oxygen atoms in total. The van der Waals surface area contributed by atoms with Gasteiger partial charge in [0.05, 0.1) is 5.02 Å². The molecule has 17 heavy (non-hydrogen) atoms.